The molecule has 0 bridgehead atoms. The summed E-state index contributed by atoms with van der Waals surface area (Å²) in [7, 11) is 0. The predicted octanol–water partition coefficient (Wildman–Crippen LogP) is 4.32. The zero-order chi connectivity index (χ0) is 26.6. The Morgan fingerprint density at radius 3 is 2.68 bits per heavy atom. The number of aromatic nitrogens is 1. The minimum Gasteiger partial charge on any atom is -0.488 e. The van der Waals surface area contributed by atoms with E-state index in [0.29, 0.717) is 60.2 Å². The Kier molecular flexibility index (Phi) is 6.40. The van der Waals surface area contributed by atoms with E-state index in [-0.39, 0.29) is 23.6 Å². The van der Waals surface area contributed by atoms with Crippen LogP contribution in [0.15, 0.2) is 53.8 Å². The fourth-order valence-electron chi connectivity index (χ4n) is 5.98. The number of amides is 1. The van der Waals surface area contributed by atoms with Gasteiger partial charge in [-0.2, -0.15) is 0 Å². The van der Waals surface area contributed by atoms with Crippen molar-refractivity contribution in [3.8, 4) is 16.9 Å². The summed E-state index contributed by atoms with van der Waals surface area (Å²) in [5.41, 5.74) is 2.06. The molecule has 6 rings (SSSR count). The molecule has 2 atom stereocenters. The van der Waals surface area contributed by atoms with Crippen molar-refractivity contribution in [2.45, 2.75) is 25.4 Å². The number of likely N-dealkylation sites (tertiary alicyclic amines) is 1. The van der Waals surface area contributed by atoms with Gasteiger partial charge in [0, 0.05) is 54.8 Å². The Morgan fingerprint density at radius 1 is 1.21 bits per heavy atom. The van der Waals surface area contributed by atoms with Gasteiger partial charge in [0.25, 0.3) is 5.56 Å². The highest BCUT2D eigenvalue weighted by molar-refractivity contribution is 6.35. The van der Waals surface area contributed by atoms with Crippen LogP contribution in [0.3, 0.4) is 0 Å². The molecule has 1 amide bonds. The van der Waals surface area contributed by atoms with E-state index in [4.69, 9.17) is 16.3 Å². The maximum atomic E-state index is 15.0. The van der Waals surface area contributed by atoms with Gasteiger partial charge in [-0.3, -0.25) is 14.2 Å². The number of nitrogens with zero attached hydrogens (tertiary/aromatic N) is 4. The third-order valence-corrected chi connectivity index (χ3v) is 8.29. The fourth-order valence-corrected chi connectivity index (χ4v) is 6.27. The van der Waals surface area contributed by atoms with E-state index in [9.17, 15) is 14.0 Å². The number of carbonyl (C=O) groups excluding carboxylic acids is 1. The molecule has 0 aliphatic carbocycles. The molecule has 7 nitrogen and oxygen atoms in total. The summed E-state index contributed by atoms with van der Waals surface area (Å²) in [4.78, 5) is 32.3. The second-order valence-corrected chi connectivity index (χ2v) is 10.7. The van der Waals surface area contributed by atoms with Crippen LogP contribution in [-0.4, -0.2) is 72.2 Å². The summed E-state index contributed by atoms with van der Waals surface area (Å²) >= 11 is 6.86. The number of rotatable bonds is 5. The number of piperazine rings is 1. The molecule has 0 spiro atoms. The molecule has 198 valence electrons. The summed E-state index contributed by atoms with van der Waals surface area (Å²) in [5, 5.41) is 1.15. The van der Waals surface area contributed by atoms with Crippen molar-refractivity contribution in [2.75, 3.05) is 50.8 Å². The van der Waals surface area contributed by atoms with Crippen molar-refractivity contribution in [1.29, 1.82) is 0 Å². The Hall–Kier alpha value is -3.36. The lowest BCUT2D eigenvalue weighted by Gasteiger charge is -2.42. The van der Waals surface area contributed by atoms with E-state index in [1.165, 1.54) is 12.1 Å². The van der Waals surface area contributed by atoms with Gasteiger partial charge in [0.1, 0.15) is 12.4 Å². The molecule has 1 aromatic heterocycles. The highest BCUT2D eigenvalue weighted by atomic mass is 35.5. The lowest BCUT2D eigenvalue weighted by atomic mass is 9.98. The molecule has 2 aromatic carbocycles. The van der Waals surface area contributed by atoms with Gasteiger partial charge in [-0.05, 0) is 44.6 Å². The summed E-state index contributed by atoms with van der Waals surface area (Å²) < 4.78 is 23.2. The third kappa shape index (κ3) is 4.07. The third-order valence-electron chi connectivity index (χ3n) is 7.99. The normalized spacial score (nSPS) is 21.2. The second kappa shape index (κ2) is 9.75. The van der Waals surface area contributed by atoms with Crippen molar-refractivity contribution in [3.63, 3.8) is 0 Å². The summed E-state index contributed by atoms with van der Waals surface area (Å²) in [6, 6.07) is 9.74. The average molecular weight is 537 g/mol. The Morgan fingerprint density at radius 2 is 2.00 bits per heavy atom. The largest absolute Gasteiger partial charge is 0.488 e. The second-order valence-electron chi connectivity index (χ2n) is 10.3. The van der Waals surface area contributed by atoms with Gasteiger partial charge in [-0.1, -0.05) is 36.4 Å². The monoisotopic (exact) mass is 536 g/mol. The van der Waals surface area contributed by atoms with E-state index >= 15 is 0 Å². The van der Waals surface area contributed by atoms with Crippen LogP contribution in [0.4, 0.5) is 10.1 Å². The van der Waals surface area contributed by atoms with Gasteiger partial charge in [0.05, 0.1) is 22.3 Å². The van der Waals surface area contributed by atoms with Crippen LogP contribution in [0.25, 0.3) is 22.0 Å². The van der Waals surface area contributed by atoms with Crippen molar-refractivity contribution >= 4 is 34.1 Å². The first-order valence-electron chi connectivity index (χ1n) is 13.1. The molecule has 9 heteroatoms. The maximum Gasteiger partial charge on any atom is 0.253 e. The van der Waals surface area contributed by atoms with Crippen molar-refractivity contribution in [1.82, 2.24) is 14.4 Å². The first kappa shape index (κ1) is 24.9. The highest BCUT2D eigenvalue weighted by Crippen LogP contribution is 2.47. The zero-order valence-corrected chi connectivity index (χ0v) is 22.1. The van der Waals surface area contributed by atoms with Gasteiger partial charge < -0.3 is 19.4 Å². The van der Waals surface area contributed by atoms with E-state index < -0.39 is 5.82 Å². The van der Waals surface area contributed by atoms with Crippen LogP contribution in [-0.2, 0) is 4.79 Å². The standard InChI is InChI=1S/C29H30ClFN4O3/c1-3-25(36)34-12-11-33(15-18(34)2)24-14-26(37)35-19(16-32-9-6-10-32)17-38-29-27(20-7-4-5-8-23(20)31)22(30)13-21(24)28(29)35/h3-5,7-8,13-14,18-19H,1,6,9-12,15-17H2,2H3/t18-,19?/m1/s1. The number of anilines is 1. The number of hydrogen-bond donors (Lipinski definition) is 0. The van der Waals surface area contributed by atoms with E-state index in [0.717, 1.165) is 30.6 Å². The molecule has 2 fully saturated rings. The minimum absolute atomic E-state index is 0.0670. The number of benzene rings is 2. The quantitative estimate of drug-likeness (QED) is 0.455. The Balaban J connectivity index is 1.54. The van der Waals surface area contributed by atoms with Gasteiger partial charge in [0.15, 0.2) is 5.75 Å². The Bertz CT molecular complexity index is 1500. The SMILES string of the molecule is C=CC(=O)N1CCN(c2cc(=O)n3c4c(c(-c5ccccc5F)c(Cl)cc24)OCC3CN2CCC2)C[C@H]1C. The number of pyridine rings is 1. The first-order chi connectivity index (χ1) is 18.4. The molecule has 4 heterocycles. The molecule has 38 heavy (non-hydrogen) atoms. The molecule has 0 N–H and O–H groups in total. The highest BCUT2D eigenvalue weighted by Gasteiger charge is 2.34. The van der Waals surface area contributed by atoms with Crippen LogP contribution in [0, 0.1) is 5.82 Å². The maximum absolute atomic E-state index is 15.0. The first-order valence-corrected chi connectivity index (χ1v) is 13.4. The molecular formula is C29H30ClFN4O3. The van der Waals surface area contributed by atoms with Crippen molar-refractivity contribution in [2.24, 2.45) is 0 Å². The van der Waals surface area contributed by atoms with Crippen LogP contribution in [0.2, 0.25) is 5.02 Å². The minimum atomic E-state index is -0.404. The van der Waals surface area contributed by atoms with E-state index in [2.05, 4.69) is 16.4 Å². The Labute approximate surface area is 225 Å². The van der Waals surface area contributed by atoms with Gasteiger partial charge >= 0.3 is 0 Å². The van der Waals surface area contributed by atoms with Crippen LogP contribution < -0.4 is 15.2 Å². The van der Waals surface area contributed by atoms with Crippen molar-refractivity contribution < 1.29 is 13.9 Å². The molecule has 3 aromatic rings. The van der Waals surface area contributed by atoms with Crippen molar-refractivity contribution in [3.05, 3.63) is 70.2 Å². The molecule has 0 saturated carbocycles. The number of ether oxygens (including phenoxy) is 1. The van der Waals surface area contributed by atoms with Gasteiger partial charge in [0.2, 0.25) is 5.91 Å². The van der Waals surface area contributed by atoms with Crippen LogP contribution in [0.1, 0.15) is 19.4 Å². The van der Waals surface area contributed by atoms with E-state index in [1.807, 2.05) is 17.6 Å². The lowest BCUT2D eigenvalue weighted by Crippen LogP contribution is -2.54. The molecule has 3 aliphatic heterocycles. The molecule has 3 aliphatic rings. The lowest BCUT2D eigenvalue weighted by molar-refractivity contribution is -0.128. The van der Waals surface area contributed by atoms with Crippen LogP contribution in [0.5, 0.6) is 5.75 Å². The van der Waals surface area contributed by atoms with E-state index in [1.54, 1.807) is 29.2 Å². The predicted molar refractivity (Wildman–Crippen MR) is 148 cm³/mol. The molecular weight excluding hydrogens is 507 g/mol. The number of halogens is 2. The van der Waals surface area contributed by atoms with Gasteiger partial charge in [-0.15, -0.1) is 0 Å². The molecule has 1 unspecified atom stereocenters. The zero-order valence-electron chi connectivity index (χ0n) is 21.3. The molecule has 2 saturated heterocycles. The number of carbonyl (C=O) groups is 1. The van der Waals surface area contributed by atoms with Gasteiger partial charge in [-0.25, -0.2) is 4.39 Å². The van der Waals surface area contributed by atoms with Crippen LogP contribution >= 0.6 is 11.6 Å². The molecule has 0 radical (unpaired) electrons. The summed E-state index contributed by atoms with van der Waals surface area (Å²) in [5.74, 6) is -0.0722. The topological polar surface area (TPSA) is 58.0 Å². The number of hydrogen-bond acceptors (Lipinski definition) is 5. The summed E-state index contributed by atoms with van der Waals surface area (Å²) in [6.45, 7) is 10.3. The fraction of sp³-hybridized carbons (Fsp3) is 0.379. The smallest absolute Gasteiger partial charge is 0.253 e. The summed E-state index contributed by atoms with van der Waals surface area (Å²) in [6.07, 6.45) is 2.49. The average Bonchev–Trinajstić information content (AvgIpc) is 2.88.